The van der Waals surface area contributed by atoms with Gasteiger partial charge in [-0.3, -0.25) is 9.89 Å². The smallest absolute Gasteiger partial charge is 0.274 e. The van der Waals surface area contributed by atoms with Crippen LogP contribution in [-0.2, 0) is 11.3 Å². The van der Waals surface area contributed by atoms with Gasteiger partial charge in [-0.05, 0) is 18.2 Å². The number of aromatic amines is 1. The van der Waals surface area contributed by atoms with Gasteiger partial charge < -0.3 is 24.2 Å². The fraction of sp³-hybridized carbons (Fsp3) is 0.412. The number of carbonyl (C=O) groups is 1. The number of aromatic nitrogens is 2. The quantitative estimate of drug-likeness (QED) is 0.803. The number of hydrogen-bond acceptors (Lipinski definition) is 6. The van der Waals surface area contributed by atoms with Gasteiger partial charge >= 0.3 is 0 Å². The summed E-state index contributed by atoms with van der Waals surface area (Å²) in [5.74, 6) is 0.957. The predicted octanol–water partition coefficient (Wildman–Crippen LogP) is 0.829. The maximum absolute atomic E-state index is 12.5. The fourth-order valence-electron chi connectivity index (χ4n) is 2.67. The Bertz CT molecular complexity index is 733. The van der Waals surface area contributed by atoms with Crippen molar-refractivity contribution in [2.45, 2.75) is 18.8 Å². The zero-order valence-corrected chi connectivity index (χ0v) is 14.1. The molecular formula is C17H21N3O5. The van der Waals surface area contributed by atoms with Crippen LogP contribution in [0.15, 0.2) is 30.3 Å². The van der Waals surface area contributed by atoms with Gasteiger partial charge in [0.15, 0.2) is 17.2 Å². The van der Waals surface area contributed by atoms with Crippen LogP contribution in [0.4, 0.5) is 0 Å². The number of ether oxygens (including phenoxy) is 3. The van der Waals surface area contributed by atoms with Gasteiger partial charge in [0.05, 0.1) is 38.2 Å². The van der Waals surface area contributed by atoms with Crippen LogP contribution in [0.5, 0.6) is 11.5 Å². The molecular weight excluding hydrogens is 326 g/mol. The van der Waals surface area contributed by atoms with E-state index in [9.17, 15) is 9.90 Å². The first-order valence-electron chi connectivity index (χ1n) is 7.93. The number of hydrogen-bond donors (Lipinski definition) is 2. The Morgan fingerprint density at radius 1 is 1.40 bits per heavy atom. The van der Waals surface area contributed by atoms with Crippen molar-refractivity contribution < 1.29 is 24.1 Å². The van der Waals surface area contributed by atoms with E-state index in [1.807, 2.05) is 12.1 Å². The number of rotatable bonds is 6. The molecule has 0 aliphatic carbocycles. The lowest BCUT2D eigenvalue weighted by molar-refractivity contribution is 0.0576. The molecule has 0 saturated carbocycles. The Labute approximate surface area is 145 Å². The third-order valence-corrected chi connectivity index (χ3v) is 4.14. The van der Waals surface area contributed by atoms with Crippen molar-refractivity contribution in [1.29, 1.82) is 0 Å². The number of methoxy groups -OCH3 is 1. The van der Waals surface area contributed by atoms with Crippen molar-refractivity contribution >= 4 is 5.91 Å². The Morgan fingerprint density at radius 3 is 2.84 bits per heavy atom. The Kier molecular flexibility index (Phi) is 5.20. The molecule has 1 aliphatic rings. The normalized spacial score (nSPS) is 19.6. The Hall–Kier alpha value is -2.58. The average Bonchev–Trinajstić information content (AvgIpc) is 3.28. The minimum atomic E-state index is -0.679. The van der Waals surface area contributed by atoms with Crippen LogP contribution in [0.3, 0.4) is 0 Å². The second-order valence-corrected chi connectivity index (χ2v) is 5.81. The maximum atomic E-state index is 12.5. The van der Waals surface area contributed by atoms with E-state index in [2.05, 4.69) is 10.2 Å². The highest BCUT2D eigenvalue weighted by Gasteiger charge is 2.33. The number of H-pyrrole nitrogens is 1. The standard InChI is InChI=1S/C17H21N3O5/c1-20(13-9-24-10-14(13)21)17(22)12-7-11(18-19-12)8-25-16-6-4-3-5-15(16)23-2/h3-7,13-14,21H,8-10H2,1-2H3,(H,18,19)/t13-,14-/m0/s1. The van der Waals surface area contributed by atoms with Crippen LogP contribution >= 0.6 is 0 Å². The highest BCUT2D eigenvalue weighted by molar-refractivity contribution is 5.92. The van der Waals surface area contributed by atoms with Gasteiger partial charge in [0.2, 0.25) is 0 Å². The first-order valence-corrected chi connectivity index (χ1v) is 7.93. The summed E-state index contributed by atoms with van der Waals surface area (Å²) in [4.78, 5) is 13.9. The molecule has 2 heterocycles. The summed E-state index contributed by atoms with van der Waals surface area (Å²) >= 11 is 0. The summed E-state index contributed by atoms with van der Waals surface area (Å²) < 4.78 is 16.1. The van der Waals surface area contributed by atoms with E-state index >= 15 is 0 Å². The van der Waals surface area contributed by atoms with Gasteiger partial charge in [-0.1, -0.05) is 12.1 Å². The molecule has 2 N–H and O–H groups in total. The first kappa shape index (κ1) is 17.2. The van der Waals surface area contributed by atoms with Gasteiger partial charge in [0.1, 0.15) is 6.61 Å². The van der Waals surface area contributed by atoms with Gasteiger partial charge in [0.25, 0.3) is 5.91 Å². The second kappa shape index (κ2) is 7.54. The third kappa shape index (κ3) is 3.75. The molecule has 1 amide bonds. The Morgan fingerprint density at radius 2 is 2.16 bits per heavy atom. The van der Waals surface area contributed by atoms with E-state index < -0.39 is 6.10 Å². The molecule has 1 aliphatic heterocycles. The summed E-state index contributed by atoms with van der Waals surface area (Å²) in [6.07, 6.45) is -0.679. The molecule has 2 aromatic rings. The van der Waals surface area contributed by atoms with Gasteiger partial charge in [-0.2, -0.15) is 5.10 Å². The number of para-hydroxylation sites is 2. The van der Waals surface area contributed by atoms with Crippen LogP contribution in [0, 0.1) is 0 Å². The lowest BCUT2D eigenvalue weighted by Crippen LogP contribution is -2.44. The molecule has 134 valence electrons. The molecule has 8 heteroatoms. The fourth-order valence-corrected chi connectivity index (χ4v) is 2.67. The lowest BCUT2D eigenvalue weighted by atomic mass is 10.2. The summed E-state index contributed by atoms with van der Waals surface area (Å²) in [6, 6.07) is 8.59. The minimum Gasteiger partial charge on any atom is -0.493 e. The monoisotopic (exact) mass is 347 g/mol. The number of nitrogens with one attached hydrogen (secondary N) is 1. The van der Waals surface area contributed by atoms with Crippen molar-refractivity contribution in [2.75, 3.05) is 27.4 Å². The van der Waals surface area contributed by atoms with E-state index in [1.54, 1.807) is 32.4 Å². The molecule has 1 aromatic heterocycles. The number of aliphatic hydroxyl groups excluding tert-OH is 1. The van der Waals surface area contributed by atoms with Crippen molar-refractivity contribution in [3.63, 3.8) is 0 Å². The van der Waals surface area contributed by atoms with Crippen molar-refractivity contribution in [3.05, 3.63) is 41.7 Å². The van der Waals surface area contributed by atoms with Crippen LogP contribution in [0.25, 0.3) is 0 Å². The van der Waals surface area contributed by atoms with E-state index in [0.717, 1.165) is 0 Å². The van der Waals surface area contributed by atoms with Crippen molar-refractivity contribution in [3.8, 4) is 11.5 Å². The number of likely N-dealkylation sites (N-methyl/N-ethyl adjacent to an activating group) is 1. The number of carbonyl (C=O) groups excluding carboxylic acids is 1. The maximum Gasteiger partial charge on any atom is 0.274 e. The lowest BCUT2D eigenvalue weighted by Gasteiger charge is -2.24. The van der Waals surface area contributed by atoms with Gasteiger partial charge in [-0.25, -0.2) is 0 Å². The molecule has 25 heavy (non-hydrogen) atoms. The summed E-state index contributed by atoms with van der Waals surface area (Å²) in [7, 11) is 3.21. The van der Waals surface area contributed by atoms with E-state index in [-0.39, 0.29) is 30.9 Å². The molecule has 0 unspecified atom stereocenters. The molecule has 1 saturated heterocycles. The molecule has 8 nitrogen and oxygen atoms in total. The highest BCUT2D eigenvalue weighted by atomic mass is 16.5. The van der Waals surface area contributed by atoms with Crippen molar-refractivity contribution in [1.82, 2.24) is 15.1 Å². The SMILES string of the molecule is COc1ccccc1OCc1cc(C(=O)N(C)[C@H]2COC[C@@H]2O)n[nH]1. The third-order valence-electron chi connectivity index (χ3n) is 4.14. The Balaban J connectivity index is 1.63. The van der Waals surface area contributed by atoms with E-state index in [1.165, 1.54) is 4.90 Å². The molecule has 1 aromatic carbocycles. The minimum absolute atomic E-state index is 0.222. The number of aliphatic hydroxyl groups is 1. The molecule has 1 fully saturated rings. The van der Waals surface area contributed by atoms with E-state index in [0.29, 0.717) is 23.8 Å². The summed E-state index contributed by atoms with van der Waals surface area (Å²) in [5, 5.41) is 16.7. The molecule has 0 radical (unpaired) electrons. The molecule has 2 atom stereocenters. The predicted molar refractivity (Wildman–Crippen MR) is 88.6 cm³/mol. The first-order chi connectivity index (χ1) is 12.1. The molecule has 0 spiro atoms. The second-order valence-electron chi connectivity index (χ2n) is 5.81. The molecule has 0 bridgehead atoms. The van der Waals surface area contributed by atoms with Crippen LogP contribution < -0.4 is 9.47 Å². The topological polar surface area (TPSA) is 96.9 Å². The number of amides is 1. The van der Waals surface area contributed by atoms with E-state index in [4.69, 9.17) is 14.2 Å². The average molecular weight is 347 g/mol. The molecule has 3 rings (SSSR count). The summed E-state index contributed by atoms with van der Waals surface area (Å²) in [6.45, 7) is 0.776. The largest absolute Gasteiger partial charge is 0.493 e. The van der Waals surface area contributed by atoms with Crippen LogP contribution in [-0.4, -0.2) is 65.6 Å². The van der Waals surface area contributed by atoms with Crippen molar-refractivity contribution in [2.24, 2.45) is 0 Å². The van der Waals surface area contributed by atoms with Gasteiger partial charge in [-0.15, -0.1) is 0 Å². The van der Waals surface area contributed by atoms with Crippen LogP contribution in [0.1, 0.15) is 16.2 Å². The zero-order valence-electron chi connectivity index (χ0n) is 14.1. The number of nitrogens with zero attached hydrogens (tertiary/aromatic N) is 2. The zero-order chi connectivity index (χ0) is 17.8. The summed E-state index contributed by atoms with van der Waals surface area (Å²) in [5.41, 5.74) is 0.922. The van der Waals surface area contributed by atoms with Gasteiger partial charge in [0, 0.05) is 7.05 Å². The number of benzene rings is 1. The van der Waals surface area contributed by atoms with Crippen LogP contribution in [0.2, 0.25) is 0 Å². The highest BCUT2D eigenvalue weighted by Crippen LogP contribution is 2.26.